The number of ether oxygens (including phenoxy) is 1. The molecule has 0 aromatic rings. The molecule has 2 atom stereocenters. The van der Waals surface area contributed by atoms with Crippen LogP contribution in [0.1, 0.15) is 47.5 Å². The van der Waals surface area contributed by atoms with E-state index >= 15 is 0 Å². The van der Waals surface area contributed by atoms with Gasteiger partial charge in [0.05, 0.1) is 6.10 Å². The Morgan fingerprint density at radius 2 is 2.00 bits per heavy atom. The molecule has 2 nitrogen and oxygen atoms in total. The Kier molecular flexibility index (Phi) is 4.60. The molecule has 1 aliphatic rings. The first-order valence-corrected chi connectivity index (χ1v) is 6.31. The molecule has 0 saturated carbocycles. The van der Waals surface area contributed by atoms with Crippen LogP contribution in [0.25, 0.3) is 0 Å². The first-order valence-electron chi connectivity index (χ1n) is 6.31. The molecule has 15 heavy (non-hydrogen) atoms. The SMILES string of the molecule is CC(C)CC1(CNC(C)C)CCOC1C. The molecule has 0 radical (unpaired) electrons. The lowest BCUT2D eigenvalue weighted by Crippen LogP contribution is -2.42. The largest absolute Gasteiger partial charge is 0.378 e. The molecular weight excluding hydrogens is 186 g/mol. The summed E-state index contributed by atoms with van der Waals surface area (Å²) in [5.41, 5.74) is 0.373. The maximum absolute atomic E-state index is 5.76. The van der Waals surface area contributed by atoms with Crippen molar-refractivity contribution in [3.63, 3.8) is 0 Å². The summed E-state index contributed by atoms with van der Waals surface area (Å²) in [6, 6.07) is 0.571. The van der Waals surface area contributed by atoms with E-state index in [0.717, 1.165) is 19.1 Å². The Bertz CT molecular complexity index is 191. The second-order valence-electron chi connectivity index (χ2n) is 5.76. The van der Waals surface area contributed by atoms with Gasteiger partial charge in [-0.3, -0.25) is 0 Å². The highest BCUT2D eigenvalue weighted by atomic mass is 16.5. The molecule has 2 heteroatoms. The summed E-state index contributed by atoms with van der Waals surface area (Å²) < 4.78 is 5.76. The lowest BCUT2D eigenvalue weighted by atomic mass is 9.75. The highest BCUT2D eigenvalue weighted by Crippen LogP contribution is 2.40. The molecular formula is C13H27NO. The van der Waals surface area contributed by atoms with Gasteiger partial charge in [0.2, 0.25) is 0 Å². The molecule has 1 aliphatic heterocycles. The van der Waals surface area contributed by atoms with Gasteiger partial charge in [0.15, 0.2) is 0 Å². The van der Waals surface area contributed by atoms with Gasteiger partial charge in [0.1, 0.15) is 0 Å². The third-order valence-electron chi connectivity index (χ3n) is 3.51. The van der Waals surface area contributed by atoms with Crippen molar-refractivity contribution in [3.8, 4) is 0 Å². The van der Waals surface area contributed by atoms with Crippen LogP contribution in [0.2, 0.25) is 0 Å². The van der Waals surface area contributed by atoms with Crippen molar-refractivity contribution in [2.75, 3.05) is 13.2 Å². The Hall–Kier alpha value is -0.0800. The molecule has 0 spiro atoms. The van der Waals surface area contributed by atoms with E-state index in [9.17, 15) is 0 Å². The molecule has 1 rings (SSSR count). The minimum Gasteiger partial charge on any atom is -0.378 e. The maximum atomic E-state index is 5.76. The van der Waals surface area contributed by atoms with Crippen LogP contribution >= 0.6 is 0 Å². The molecule has 90 valence electrons. The van der Waals surface area contributed by atoms with Gasteiger partial charge >= 0.3 is 0 Å². The van der Waals surface area contributed by atoms with E-state index < -0.39 is 0 Å². The van der Waals surface area contributed by atoms with Crippen LogP contribution in [0, 0.1) is 11.3 Å². The molecule has 1 saturated heterocycles. The van der Waals surface area contributed by atoms with Crippen LogP contribution in [0.5, 0.6) is 0 Å². The average molecular weight is 213 g/mol. The fourth-order valence-corrected chi connectivity index (χ4v) is 2.61. The lowest BCUT2D eigenvalue weighted by molar-refractivity contribution is 0.0507. The van der Waals surface area contributed by atoms with Crippen LogP contribution in [-0.2, 0) is 4.74 Å². The molecule has 2 unspecified atom stereocenters. The molecule has 0 amide bonds. The third-order valence-corrected chi connectivity index (χ3v) is 3.51. The Morgan fingerprint density at radius 1 is 1.33 bits per heavy atom. The summed E-state index contributed by atoms with van der Waals surface area (Å²) in [5.74, 6) is 0.753. The van der Waals surface area contributed by atoms with Crippen LogP contribution in [0.3, 0.4) is 0 Å². The van der Waals surface area contributed by atoms with E-state index in [0.29, 0.717) is 17.6 Å². The van der Waals surface area contributed by atoms with Gasteiger partial charge in [-0.15, -0.1) is 0 Å². The smallest absolute Gasteiger partial charge is 0.0616 e. The molecule has 1 heterocycles. The van der Waals surface area contributed by atoms with Crippen LogP contribution in [0.4, 0.5) is 0 Å². The minimum atomic E-state index is 0.373. The van der Waals surface area contributed by atoms with Crippen LogP contribution in [-0.4, -0.2) is 25.3 Å². The second-order valence-corrected chi connectivity index (χ2v) is 5.76. The molecule has 0 bridgehead atoms. The van der Waals surface area contributed by atoms with Gasteiger partial charge in [0.25, 0.3) is 0 Å². The van der Waals surface area contributed by atoms with E-state index in [2.05, 4.69) is 39.9 Å². The van der Waals surface area contributed by atoms with Crippen molar-refractivity contribution >= 4 is 0 Å². The first-order chi connectivity index (χ1) is 6.96. The summed E-state index contributed by atoms with van der Waals surface area (Å²) >= 11 is 0. The van der Waals surface area contributed by atoms with Gasteiger partial charge in [-0.1, -0.05) is 27.7 Å². The zero-order chi connectivity index (χ0) is 11.5. The van der Waals surface area contributed by atoms with E-state index in [4.69, 9.17) is 4.74 Å². The lowest BCUT2D eigenvalue weighted by Gasteiger charge is -2.35. The van der Waals surface area contributed by atoms with E-state index in [-0.39, 0.29) is 0 Å². The van der Waals surface area contributed by atoms with Gasteiger partial charge in [0, 0.05) is 24.6 Å². The standard InChI is InChI=1S/C13H27NO/c1-10(2)8-13(9-14-11(3)4)6-7-15-12(13)5/h10-12,14H,6-9H2,1-5H3. The second kappa shape index (κ2) is 5.31. The quantitative estimate of drug-likeness (QED) is 0.758. The van der Waals surface area contributed by atoms with E-state index in [1.165, 1.54) is 12.8 Å². The van der Waals surface area contributed by atoms with Gasteiger partial charge in [-0.05, 0) is 25.7 Å². The zero-order valence-corrected chi connectivity index (χ0v) is 11.0. The zero-order valence-electron chi connectivity index (χ0n) is 11.0. The monoisotopic (exact) mass is 213 g/mol. The summed E-state index contributed by atoms with van der Waals surface area (Å²) in [6.45, 7) is 13.3. The van der Waals surface area contributed by atoms with Crippen molar-refractivity contribution in [3.05, 3.63) is 0 Å². The molecule has 1 fully saturated rings. The Morgan fingerprint density at radius 3 is 2.40 bits per heavy atom. The molecule has 0 aliphatic carbocycles. The van der Waals surface area contributed by atoms with Crippen molar-refractivity contribution in [1.82, 2.24) is 5.32 Å². The summed E-state index contributed by atoms with van der Waals surface area (Å²) in [6.07, 6.45) is 2.89. The normalized spacial score (nSPS) is 31.8. The van der Waals surface area contributed by atoms with Crippen LogP contribution in [0.15, 0.2) is 0 Å². The molecule has 0 aromatic carbocycles. The fraction of sp³-hybridized carbons (Fsp3) is 1.00. The predicted octanol–water partition coefficient (Wildman–Crippen LogP) is 2.83. The van der Waals surface area contributed by atoms with Crippen molar-refractivity contribution in [1.29, 1.82) is 0 Å². The van der Waals surface area contributed by atoms with Gasteiger partial charge in [-0.2, -0.15) is 0 Å². The average Bonchev–Trinajstić information content (AvgIpc) is 2.44. The summed E-state index contributed by atoms with van der Waals surface area (Å²) in [7, 11) is 0. The highest BCUT2D eigenvalue weighted by molar-refractivity contribution is 4.92. The van der Waals surface area contributed by atoms with E-state index in [1.807, 2.05) is 0 Å². The predicted molar refractivity (Wildman–Crippen MR) is 65.1 cm³/mol. The number of rotatable bonds is 5. The Balaban J connectivity index is 2.59. The Labute approximate surface area is 94.8 Å². The fourth-order valence-electron chi connectivity index (χ4n) is 2.61. The highest BCUT2D eigenvalue weighted by Gasteiger charge is 2.41. The maximum Gasteiger partial charge on any atom is 0.0616 e. The molecule has 0 aromatic heterocycles. The summed E-state index contributed by atoms with van der Waals surface area (Å²) in [4.78, 5) is 0. The topological polar surface area (TPSA) is 21.3 Å². The summed E-state index contributed by atoms with van der Waals surface area (Å²) in [5, 5.41) is 3.58. The van der Waals surface area contributed by atoms with Gasteiger partial charge in [-0.25, -0.2) is 0 Å². The number of hydrogen-bond acceptors (Lipinski definition) is 2. The van der Waals surface area contributed by atoms with Crippen LogP contribution < -0.4 is 5.32 Å². The number of nitrogens with one attached hydrogen (secondary N) is 1. The van der Waals surface area contributed by atoms with E-state index in [1.54, 1.807) is 0 Å². The first kappa shape index (κ1) is 13.0. The van der Waals surface area contributed by atoms with Crippen molar-refractivity contribution in [2.24, 2.45) is 11.3 Å². The van der Waals surface area contributed by atoms with Crippen molar-refractivity contribution < 1.29 is 4.74 Å². The van der Waals surface area contributed by atoms with Gasteiger partial charge < -0.3 is 10.1 Å². The molecule has 1 N–H and O–H groups in total. The van der Waals surface area contributed by atoms with Crippen molar-refractivity contribution in [2.45, 2.75) is 59.6 Å². The minimum absolute atomic E-state index is 0.373. The number of hydrogen-bond donors (Lipinski definition) is 1. The third kappa shape index (κ3) is 3.46.